The third-order valence-corrected chi connectivity index (χ3v) is 3.83. The van der Waals surface area contributed by atoms with E-state index in [9.17, 15) is 4.79 Å². The van der Waals surface area contributed by atoms with E-state index in [4.69, 9.17) is 0 Å². The van der Waals surface area contributed by atoms with Gasteiger partial charge in [-0.15, -0.1) is 0 Å². The molecule has 0 amide bonds. The summed E-state index contributed by atoms with van der Waals surface area (Å²) in [4.78, 5) is 14.8. The highest BCUT2D eigenvalue weighted by Gasteiger charge is 2.17. The average Bonchev–Trinajstić information content (AvgIpc) is 2.90. The van der Waals surface area contributed by atoms with Crippen molar-refractivity contribution >= 4 is 27.0 Å². The van der Waals surface area contributed by atoms with E-state index in [2.05, 4.69) is 26.2 Å². The number of hydrogen-bond acceptors (Lipinski definition) is 2. The lowest BCUT2D eigenvalue weighted by Crippen LogP contribution is -2.22. The zero-order valence-electron chi connectivity index (χ0n) is 9.37. The highest BCUT2D eigenvalue weighted by Crippen LogP contribution is 2.19. The summed E-state index contributed by atoms with van der Waals surface area (Å²) in [5, 5.41) is 3.33. The fourth-order valence-electron chi connectivity index (χ4n) is 2.44. The molecule has 0 spiro atoms. The van der Waals surface area contributed by atoms with Crippen LogP contribution in [0.1, 0.15) is 6.42 Å². The van der Waals surface area contributed by atoms with Crippen LogP contribution in [0.25, 0.3) is 11.0 Å². The second kappa shape index (κ2) is 4.31. The molecule has 1 atom stereocenters. The van der Waals surface area contributed by atoms with E-state index >= 15 is 0 Å². The van der Waals surface area contributed by atoms with Crippen molar-refractivity contribution in [2.45, 2.75) is 13.0 Å². The van der Waals surface area contributed by atoms with Crippen LogP contribution >= 0.6 is 15.9 Å². The van der Waals surface area contributed by atoms with Crippen LogP contribution in [0.2, 0.25) is 0 Å². The number of fused-ring (bicyclic) bond motifs is 1. The first-order valence-electron chi connectivity index (χ1n) is 5.83. The van der Waals surface area contributed by atoms with Crippen molar-refractivity contribution in [1.82, 2.24) is 14.9 Å². The molecule has 0 aliphatic carbocycles. The second-order valence-electron chi connectivity index (χ2n) is 4.56. The third-order valence-electron chi connectivity index (χ3n) is 3.34. The zero-order valence-corrected chi connectivity index (χ0v) is 11.0. The quantitative estimate of drug-likeness (QED) is 0.886. The third kappa shape index (κ3) is 2.05. The van der Waals surface area contributed by atoms with Crippen molar-refractivity contribution in [1.29, 1.82) is 0 Å². The Morgan fingerprint density at radius 1 is 1.47 bits per heavy atom. The Hall–Kier alpha value is -1.07. The summed E-state index contributed by atoms with van der Waals surface area (Å²) in [5.74, 6) is 0.561. The van der Waals surface area contributed by atoms with Gasteiger partial charge in [0.1, 0.15) is 0 Å². The Morgan fingerprint density at radius 2 is 2.35 bits per heavy atom. The van der Waals surface area contributed by atoms with Crippen LogP contribution in [0.3, 0.4) is 0 Å². The number of aromatic amines is 1. The first-order valence-corrected chi connectivity index (χ1v) is 6.62. The molecule has 2 aromatic rings. The molecule has 3 rings (SSSR count). The molecule has 2 N–H and O–H groups in total. The molecule has 1 aromatic carbocycles. The molecule has 0 bridgehead atoms. The molecule has 90 valence electrons. The van der Waals surface area contributed by atoms with Crippen molar-refractivity contribution in [3.8, 4) is 0 Å². The van der Waals surface area contributed by atoms with Gasteiger partial charge in [0.25, 0.3) is 0 Å². The summed E-state index contributed by atoms with van der Waals surface area (Å²) in [5.41, 5.74) is 1.88. The maximum absolute atomic E-state index is 11.9. The van der Waals surface area contributed by atoms with Crippen molar-refractivity contribution in [2.75, 3.05) is 13.1 Å². The molecule has 1 aliphatic heterocycles. The number of nitrogens with zero attached hydrogens (tertiary/aromatic N) is 1. The minimum atomic E-state index is -0.00926. The van der Waals surface area contributed by atoms with E-state index < -0.39 is 0 Å². The van der Waals surface area contributed by atoms with E-state index in [1.165, 1.54) is 0 Å². The molecule has 1 aliphatic rings. The van der Waals surface area contributed by atoms with E-state index in [-0.39, 0.29) is 5.69 Å². The molecule has 0 saturated carbocycles. The van der Waals surface area contributed by atoms with E-state index in [0.29, 0.717) is 5.92 Å². The highest BCUT2D eigenvalue weighted by atomic mass is 79.9. The Labute approximate surface area is 107 Å². The van der Waals surface area contributed by atoms with E-state index in [1.54, 1.807) is 0 Å². The molecule has 1 aromatic heterocycles. The summed E-state index contributed by atoms with van der Waals surface area (Å²) in [7, 11) is 0. The molecule has 0 radical (unpaired) electrons. The first-order chi connectivity index (χ1) is 8.24. The van der Waals surface area contributed by atoms with E-state index in [1.807, 2.05) is 22.8 Å². The number of benzene rings is 1. The molecule has 5 heteroatoms. The van der Waals surface area contributed by atoms with Crippen LogP contribution in [0.4, 0.5) is 0 Å². The molecular weight excluding hydrogens is 282 g/mol. The molecular formula is C12H14BrN3O. The normalized spacial score (nSPS) is 20.2. The fraction of sp³-hybridized carbons (Fsp3) is 0.417. The Bertz CT molecular complexity index is 595. The van der Waals surface area contributed by atoms with Crippen molar-refractivity contribution < 1.29 is 0 Å². The lowest BCUT2D eigenvalue weighted by Gasteiger charge is -2.09. The minimum absolute atomic E-state index is 0.00926. The Kier molecular flexibility index (Phi) is 2.80. The van der Waals surface area contributed by atoms with Crippen LogP contribution in [-0.2, 0) is 6.54 Å². The van der Waals surface area contributed by atoms with Gasteiger partial charge in [0.15, 0.2) is 0 Å². The summed E-state index contributed by atoms with van der Waals surface area (Å²) in [6, 6.07) is 5.87. The predicted octanol–water partition coefficient (Wildman–Crippen LogP) is 1.70. The second-order valence-corrected chi connectivity index (χ2v) is 5.48. The molecule has 2 heterocycles. The molecule has 1 fully saturated rings. The summed E-state index contributed by atoms with van der Waals surface area (Å²) >= 11 is 3.45. The van der Waals surface area contributed by atoms with E-state index in [0.717, 1.165) is 41.6 Å². The lowest BCUT2D eigenvalue weighted by atomic mass is 10.1. The summed E-state index contributed by atoms with van der Waals surface area (Å²) in [6.45, 7) is 2.86. The van der Waals surface area contributed by atoms with Crippen molar-refractivity contribution in [2.24, 2.45) is 5.92 Å². The van der Waals surface area contributed by atoms with Gasteiger partial charge in [0.05, 0.1) is 11.0 Å². The van der Waals surface area contributed by atoms with Gasteiger partial charge >= 0.3 is 5.69 Å². The topological polar surface area (TPSA) is 49.8 Å². The summed E-state index contributed by atoms with van der Waals surface area (Å²) < 4.78 is 2.85. The van der Waals surface area contributed by atoms with Gasteiger partial charge in [-0.05, 0) is 43.6 Å². The van der Waals surface area contributed by atoms with Gasteiger partial charge in [-0.3, -0.25) is 4.57 Å². The number of imidazole rings is 1. The van der Waals surface area contributed by atoms with Crippen LogP contribution in [-0.4, -0.2) is 22.6 Å². The molecule has 1 saturated heterocycles. The highest BCUT2D eigenvalue weighted by molar-refractivity contribution is 9.10. The smallest absolute Gasteiger partial charge is 0.316 e. The number of hydrogen-bond donors (Lipinski definition) is 2. The Morgan fingerprint density at radius 3 is 3.12 bits per heavy atom. The van der Waals surface area contributed by atoms with Crippen LogP contribution in [0, 0.1) is 5.92 Å². The lowest BCUT2D eigenvalue weighted by molar-refractivity contribution is 0.481. The maximum atomic E-state index is 11.9. The predicted molar refractivity (Wildman–Crippen MR) is 71.2 cm³/mol. The van der Waals surface area contributed by atoms with Crippen LogP contribution in [0.5, 0.6) is 0 Å². The van der Waals surface area contributed by atoms with Gasteiger partial charge in [0.2, 0.25) is 0 Å². The molecule has 17 heavy (non-hydrogen) atoms. The minimum Gasteiger partial charge on any atom is -0.316 e. The van der Waals surface area contributed by atoms with Gasteiger partial charge in [-0.25, -0.2) is 4.79 Å². The number of aromatic nitrogens is 2. The summed E-state index contributed by atoms with van der Waals surface area (Å²) in [6.07, 6.45) is 1.15. The number of nitrogens with one attached hydrogen (secondary N) is 2. The zero-order chi connectivity index (χ0) is 11.8. The Balaban J connectivity index is 2.04. The largest absolute Gasteiger partial charge is 0.326 e. The van der Waals surface area contributed by atoms with Crippen molar-refractivity contribution in [3.05, 3.63) is 33.2 Å². The van der Waals surface area contributed by atoms with Gasteiger partial charge in [-0.2, -0.15) is 0 Å². The number of rotatable bonds is 2. The van der Waals surface area contributed by atoms with Crippen LogP contribution < -0.4 is 11.0 Å². The number of halogens is 1. The van der Waals surface area contributed by atoms with Crippen LogP contribution in [0.15, 0.2) is 27.5 Å². The molecule has 1 unspecified atom stereocenters. The first kappa shape index (κ1) is 11.0. The SMILES string of the molecule is O=c1[nH]c2ccc(Br)cc2n1CC1CCNC1. The standard InChI is InChI=1S/C12H14BrN3O/c13-9-1-2-10-11(5-9)16(12(17)15-10)7-8-3-4-14-6-8/h1-2,5,8,14H,3-4,6-7H2,(H,15,17). The maximum Gasteiger partial charge on any atom is 0.326 e. The van der Waals surface area contributed by atoms with Gasteiger partial charge < -0.3 is 10.3 Å². The van der Waals surface area contributed by atoms with Gasteiger partial charge in [-0.1, -0.05) is 15.9 Å². The monoisotopic (exact) mass is 295 g/mol. The van der Waals surface area contributed by atoms with Crippen molar-refractivity contribution in [3.63, 3.8) is 0 Å². The fourth-order valence-corrected chi connectivity index (χ4v) is 2.78. The molecule has 4 nitrogen and oxygen atoms in total. The van der Waals surface area contributed by atoms with Gasteiger partial charge in [0, 0.05) is 11.0 Å². The number of H-pyrrole nitrogens is 1. The average molecular weight is 296 g/mol.